The number of nitrogens with two attached hydrogens (primary N) is 2. The summed E-state index contributed by atoms with van der Waals surface area (Å²) in [5, 5.41) is 0. The van der Waals surface area contributed by atoms with Gasteiger partial charge in [0, 0.05) is 5.57 Å². The number of rotatable bonds is 7. The minimum Gasteiger partial charge on any atom is -0.366 e. The number of primary amides is 1. The Morgan fingerprint density at radius 1 is 1.20 bits per heavy atom. The Kier molecular flexibility index (Phi) is 6.06. The number of carbonyl (C=O) groups is 1. The normalized spacial score (nSPS) is 11.3. The van der Waals surface area contributed by atoms with Crippen LogP contribution in [0.25, 0.3) is 0 Å². The summed E-state index contributed by atoms with van der Waals surface area (Å²) in [4.78, 5) is 11.3. The third kappa shape index (κ3) is 3.95. The first-order valence-electron chi connectivity index (χ1n) is 4.70. The third-order valence-electron chi connectivity index (χ3n) is 2.02. The zero-order valence-corrected chi connectivity index (χ0v) is 8.91. The van der Waals surface area contributed by atoms with E-state index in [1.54, 1.807) is 12.2 Å². The molecule has 82 valence electrons. The number of hydrogen-bond acceptors (Lipinski definition) is 2. The van der Waals surface area contributed by atoms with Crippen molar-refractivity contribution in [2.45, 2.75) is 18.9 Å². The molecule has 0 aromatic rings. The van der Waals surface area contributed by atoms with Crippen LogP contribution < -0.4 is 11.5 Å². The molecular weight excluding hydrogens is 188 g/mol. The second kappa shape index (κ2) is 6.79. The molecule has 0 saturated heterocycles. The Bertz CT molecular complexity index is 291. The van der Waals surface area contributed by atoms with Crippen molar-refractivity contribution in [1.82, 2.24) is 0 Å². The van der Waals surface area contributed by atoms with Gasteiger partial charge in [0.15, 0.2) is 0 Å². The summed E-state index contributed by atoms with van der Waals surface area (Å²) >= 11 is 0. The van der Waals surface area contributed by atoms with Crippen molar-refractivity contribution in [2.75, 3.05) is 0 Å². The van der Waals surface area contributed by atoms with Crippen molar-refractivity contribution >= 4 is 5.91 Å². The quantitative estimate of drug-likeness (QED) is 0.488. The summed E-state index contributed by atoms with van der Waals surface area (Å²) in [6.07, 6.45) is 6.05. The summed E-state index contributed by atoms with van der Waals surface area (Å²) in [5.74, 6) is -0.513. The van der Waals surface area contributed by atoms with E-state index in [0.29, 0.717) is 18.4 Å². The van der Waals surface area contributed by atoms with Crippen LogP contribution in [0.3, 0.4) is 0 Å². The fourth-order valence-electron chi connectivity index (χ4n) is 1.34. The first-order valence-corrected chi connectivity index (χ1v) is 4.70. The van der Waals surface area contributed by atoms with E-state index in [-0.39, 0.29) is 0 Å². The molecule has 0 saturated carbocycles. The maximum atomic E-state index is 11.3. The fraction of sp³-hybridized carbons (Fsp3) is 0.250. The lowest BCUT2D eigenvalue weighted by Gasteiger charge is -2.14. The second-order valence-electron chi connectivity index (χ2n) is 3.13. The molecule has 0 aromatic heterocycles. The molecule has 0 radical (unpaired) electrons. The largest absolute Gasteiger partial charge is 0.366 e. The van der Waals surface area contributed by atoms with Gasteiger partial charge in [0.2, 0.25) is 5.91 Å². The predicted molar refractivity (Wildman–Crippen MR) is 64.0 cm³/mol. The highest BCUT2D eigenvalue weighted by Gasteiger charge is 2.16. The Morgan fingerprint density at radius 3 is 1.93 bits per heavy atom. The molecule has 0 fully saturated rings. The molecule has 1 amide bonds. The minimum absolute atomic E-state index is 0.407. The van der Waals surface area contributed by atoms with Crippen LogP contribution in [0.1, 0.15) is 12.8 Å². The summed E-state index contributed by atoms with van der Waals surface area (Å²) in [7, 11) is 0. The van der Waals surface area contributed by atoms with Crippen molar-refractivity contribution in [3.8, 4) is 0 Å². The molecule has 0 aliphatic rings. The Morgan fingerprint density at radius 2 is 1.67 bits per heavy atom. The zero-order chi connectivity index (χ0) is 11.8. The van der Waals surface area contributed by atoms with Crippen molar-refractivity contribution in [1.29, 1.82) is 0 Å². The Hall–Kier alpha value is -1.61. The summed E-state index contributed by atoms with van der Waals surface area (Å²) < 4.78 is 0. The van der Waals surface area contributed by atoms with Crippen molar-refractivity contribution < 1.29 is 4.79 Å². The number of hydrogen-bond donors (Lipinski definition) is 2. The van der Waals surface area contributed by atoms with Gasteiger partial charge in [-0.1, -0.05) is 23.8 Å². The molecule has 0 aliphatic heterocycles. The Labute approximate surface area is 90.8 Å². The van der Waals surface area contributed by atoms with Crippen molar-refractivity contribution in [2.24, 2.45) is 11.5 Å². The van der Waals surface area contributed by atoms with Gasteiger partial charge in [-0.05, 0) is 12.8 Å². The summed E-state index contributed by atoms with van der Waals surface area (Å²) in [6.45, 7) is 10.8. The van der Waals surface area contributed by atoms with Crippen LogP contribution in [-0.2, 0) is 4.79 Å². The van der Waals surface area contributed by atoms with Crippen LogP contribution in [0.4, 0.5) is 0 Å². The molecule has 0 bridgehead atoms. The average molecular weight is 206 g/mol. The van der Waals surface area contributed by atoms with Crippen molar-refractivity contribution in [3.05, 3.63) is 49.1 Å². The van der Waals surface area contributed by atoms with Gasteiger partial charge in [-0.2, -0.15) is 0 Å². The maximum Gasteiger partial charge on any atom is 0.246 e. The Balaban J connectivity index is 5.30. The highest BCUT2D eigenvalue weighted by atomic mass is 16.1. The van der Waals surface area contributed by atoms with Crippen LogP contribution in [0.2, 0.25) is 0 Å². The molecule has 0 rings (SSSR count). The van der Waals surface area contributed by atoms with E-state index in [1.165, 1.54) is 6.08 Å². The SMILES string of the molecule is C=CCC(CC=C)=C(C(N)=O)C(N)C=C. The van der Waals surface area contributed by atoms with E-state index in [0.717, 1.165) is 5.57 Å². The lowest BCUT2D eigenvalue weighted by atomic mass is 9.95. The molecule has 1 unspecified atom stereocenters. The molecule has 0 aromatic carbocycles. The molecule has 15 heavy (non-hydrogen) atoms. The van der Waals surface area contributed by atoms with E-state index in [2.05, 4.69) is 19.7 Å². The molecule has 1 atom stereocenters. The van der Waals surface area contributed by atoms with Crippen LogP contribution in [-0.4, -0.2) is 11.9 Å². The first-order chi connectivity index (χ1) is 7.08. The number of amides is 1. The van der Waals surface area contributed by atoms with E-state index < -0.39 is 11.9 Å². The van der Waals surface area contributed by atoms with Crippen LogP contribution in [0, 0.1) is 0 Å². The van der Waals surface area contributed by atoms with Crippen LogP contribution >= 0.6 is 0 Å². The smallest absolute Gasteiger partial charge is 0.246 e. The zero-order valence-electron chi connectivity index (χ0n) is 8.91. The lowest BCUT2D eigenvalue weighted by molar-refractivity contribution is -0.114. The van der Waals surface area contributed by atoms with E-state index in [9.17, 15) is 4.79 Å². The lowest BCUT2D eigenvalue weighted by Crippen LogP contribution is -2.30. The highest BCUT2D eigenvalue weighted by molar-refractivity contribution is 5.94. The van der Waals surface area contributed by atoms with Gasteiger partial charge >= 0.3 is 0 Å². The van der Waals surface area contributed by atoms with Gasteiger partial charge in [0.25, 0.3) is 0 Å². The molecule has 0 heterocycles. The maximum absolute atomic E-state index is 11.3. The summed E-state index contributed by atoms with van der Waals surface area (Å²) in [5.41, 5.74) is 12.3. The van der Waals surface area contributed by atoms with Crippen molar-refractivity contribution in [3.63, 3.8) is 0 Å². The first kappa shape index (κ1) is 13.4. The topological polar surface area (TPSA) is 69.1 Å². The van der Waals surface area contributed by atoms with Gasteiger partial charge in [0.1, 0.15) is 0 Å². The monoisotopic (exact) mass is 206 g/mol. The fourth-order valence-corrected chi connectivity index (χ4v) is 1.34. The predicted octanol–water partition coefficient (Wildman–Crippen LogP) is 1.43. The average Bonchev–Trinajstić information content (AvgIpc) is 2.18. The van der Waals surface area contributed by atoms with E-state index in [1.807, 2.05) is 0 Å². The van der Waals surface area contributed by atoms with Crippen LogP contribution in [0.5, 0.6) is 0 Å². The molecule has 0 spiro atoms. The van der Waals surface area contributed by atoms with E-state index >= 15 is 0 Å². The summed E-state index contributed by atoms with van der Waals surface area (Å²) in [6, 6.07) is -0.530. The minimum atomic E-state index is -0.530. The van der Waals surface area contributed by atoms with Crippen LogP contribution in [0.15, 0.2) is 49.1 Å². The molecular formula is C12H18N2O. The van der Waals surface area contributed by atoms with Gasteiger partial charge < -0.3 is 11.5 Å². The van der Waals surface area contributed by atoms with Gasteiger partial charge in [-0.15, -0.1) is 19.7 Å². The highest BCUT2D eigenvalue weighted by Crippen LogP contribution is 2.17. The molecule has 4 N–H and O–H groups in total. The third-order valence-corrected chi connectivity index (χ3v) is 2.02. The number of allylic oxidation sites excluding steroid dienone is 3. The molecule has 3 nitrogen and oxygen atoms in total. The molecule has 0 aliphatic carbocycles. The van der Waals surface area contributed by atoms with Gasteiger partial charge in [-0.25, -0.2) is 0 Å². The van der Waals surface area contributed by atoms with E-state index in [4.69, 9.17) is 11.5 Å². The second-order valence-corrected chi connectivity index (χ2v) is 3.13. The van der Waals surface area contributed by atoms with Gasteiger partial charge in [-0.3, -0.25) is 4.79 Å². The van der Waals surface area contributed by atoms with Gasteiger partial charge in [0.05, 0.1) is 6.04 Å². The standard InChI is InChI=1S/C12H18N2O/c1-4-7-9(8-5-2)11(12(14)15)10(13)6-3/h4-6,10H,1-3,7-8,13H2,(H2,14,15). The number of carbonyl (C=O) groups excluding carboxylic acids is 1. The molecule has 3 heteroatoms.